The summed E-state index contributed by atoms with van der Waals surface area (Å²) in [5, 5.41) is 5.25. The standard InChI is InChI=1S/C23H25ClN4O/c1-23(2,3)18-7-5-6-17(20(18)24)22(29)28-13-10-16-19(14-28)26-27(4)21(16)15-8-11-25-12-9-15/h5-9,11-12H,10,13-14H2,1-4H3. The first-order valence-electron chi connectivity index (χ1n) is 9.81. The molecule has 0 unspecified atom stereocenters. The van der Waals surface area contributed by atoms with Crippen LogP contribution in [0.5, 0.6) is 0 Å². The average Bonchev–Trinajstić information content (AvgIpc) is 3.02. The van der Waals surface area contributed by atoms with Gasteiger partial charge in [-0.05, 0) is 35.6 Å². The van der Waals surface area contributed by atoms with E-state index in [0.29, 0.717) is 23.7 Å². The summed E-state index contributed by atoms with van der Waals surface area (Å²) in [7, 11) is 1.95. The first-order valence-corrected chi connectivity index (χ1v) is 10.2. The van der Waals surface area contributed by atoms with Gasteiger partial charge in [-0.1, -0.05) is 44.5 Å². The lowest BCUT2D eigenvalue weighted by molar-refractivity contribution is 0.0732. The molecule has 3 heterocycles. The predicted octanol–water partition coefficient (Wildman–Crippen LogP) is 4.63. The second-order valence-electron chi connectivity index (χ2n) is 8.53. The molecule has 0 radical (unpaired) electrons. The van der Waals surface area contributed by atoms with Crippen LogP contribution < -0.4 is 0 Å². The minimum atomic E-state index is -0.122. The predicted molar refractivity (Wildman–Crippen MR) is 115 cm³/mol. The molecule has 0 saturated heterocycles. The lowest BCUT2D eigenvalue weighted by Crippen LogP contribution is -2.36. The van der Waals surface area contributed by atoms with E-state index in [1.54, 1.807) is 12.4 Å². The third-order valence-corrected chi connectivity index (χ3v) is 5.89. The van der Waals surface area contributed by atoms with Crippen LogP contribution in [-0.4, -0.2) is 32.1 Å². The van der Waals surface area contributed by atoms with Crippen molar-refractivity contribution in [1.29, 1.82) is 0 Å². The molecule has 0 N–H and O–H groups in total. The van der Waals surface area contributed by atoms with Crippen molar-refractivity contribution in [1.82, 2.24) is 19.7 Å². The Bertz CT molecular complexity index is 1070. The zero-order chi connectivity index (χ0) is 20.8. The van der Waals surface area contributed by atoms with Crippen molar-refractivity contribution in [2.45, 2.75) is 39.2 Å². The van der Waals surface area contributed by atoms with Crippen molar-refractivity contribution in [3.63, 3.8) is 0 Å². The van der Waals surface area contributed by atoms with Gasteiger partial charge in [0, 0.05) is 37.1 Å². The van der Waals surface area contributed by atoms with Crippen molar-refractivity contribution < 1.29 is 4.79 Å². The minimum Gasteiger partial charge on any atom is -0.332 e. The smallest absolute Gasteiger partial charge is 0.255 e. The molecule has 5 nitrogen and oxygen atoms in total. The number of halogens is 1. The maximum atomic E-state index is 13.3. The molecule has 0 bridgehead atoms. The Balaban J connectivity index is 1.64. The SMILES string of the molecule is Cn1nc2c(c1-c1ccncc1)CCN(C(=O)c1cccc(C(C)(C)C)c1Cl)C2. The second-order valence-corrected chi connectivity index (χ2v) is 8.91. The van der Waals surface area contributed by atoms with E-state index in [1.807, 2.05) is 47.0 Å². The average molecular weight is 409 g/mol. The van der Waals surface area contributed by atoms with Gasteiger partial charge in [-0.3, -0.25) is 14.5 Å². The van der Waals surface area contributed by atoms with Crippen LogP contribution in [0.15, 0.2) is 42.7 Å². The highest BCUT2D eigenvalue weighted by Crippen LogP contribution is 2.34. The van der Waals surface area contributed by atoms with E-state index in [1.165, 1.54) is 5.56 Å². The quantitative estimate of drug-likeness (QED) is 0.621. The first kappa shape index (κ1) is 19.6. The molecule has 1 aromatic carbocycles. The van der Waals surface area contributed by atoms with E-state index in [2.05, 4.69) is 25.8 Å². The molecule has 0 spiro atoms. The number of pyridine rings is 1. The zero-order valence-electron chi connectivity index (χ0n) is 17.2. The van der Waals surface area contributed by atoms with Crippen LogP contribution in [-0.2, 0) is 25.4 Å². The van der Waals surface area contributed by atoms with E-state index in [0.717, 1.165) is 28.9 Å². The van der Waals surface area contributed by atoms with Gasteiger partial charge in [0.25, 0.3) is 5.91 Å². The van der Waals surface area contributed by atoms with Crippen molar-refractivity contribution in [2.24, 2.45) is 7.05 Å². The molecule has 0 atom stereocenters. The molecule has 3 aromatic rings. The number of carbonyl (C=O) groups is 1. The molecule has 0 aliphatic carbocycles. The van der Waals surface area contributed by atoms with E-state index in [4.69, 9.17) is 16.7 Å². The summed E-state index contributed by atoms with van der Waals surface area (Å²) in [5.74, 6) is -0.0390. The Morgan fingerprint density at radius 1 is 1.14 bits per heavy atom. The molecule has 29 heavy (non-hydrogen) atoms. The molecule has 2 aromatic heterocycles. The molecule has 4 rings (SSSR count). The van der Waals surface area contributed by atoms with Gasteiger partial charge in [-0.15, -0.1) is 0 Å². The number of carbonyl (C=O) groups excluding carboxylic acids is 1. The number of benzene rings is 1. The summed E-state index contributed by atoms with van der Waals surface area (Å²) in [6.07, 6.45) is 4.35. The molecule has 0 fully saturated rings. The number of hydrogen-bond acceptors (Lipinski definition) is 3. The van der Waals surface area contributed by atoms with Crippen LogP contribution in [0.2, 0.25) is 5.02 Å². The second kappa shape index (κ2) is 7.30. The highest BCUT2D eigenvalue weighted by molar-refractivity contribution is 6.34. The van der Waals surface area contributed by atoms with Crippen LogP contribution in [0, 0.1) is 0 Å². The van der Waals surface area contributed by atoms with Gasteiger partial charge >= 0.3 is 0 Å². The summed E-state index contributed by atoms with van der Waals surface area (Å²) in [4.78, 5) is 19.2. The monoisotopic (exact) mass is 408 g/mol. The summed E-state index contributed by atoms with van der Waals surface area (Å²) < 4.78 is 1.90. The fourth-order valence-corrected chi connectivity index (χ4v) is 4.50. The molecule has 1 aliphatic rings. The molecular weight excluding hydrogens is 384 g/mol. The lowest BCUT2D eigenvalue weighted by atomic mass is 9.86. The zero-order valence-corrected chi connectivity index (χ0v) is 18.0. The Kier molecular flexibility index (Phi) is 4.95. The summed E-state index contributed by atoms with van der Waals surface area (Å²) in [5.41, 5.74) is 5.77. The number of amides is 1. The van der Waals surface area contributed by atoms with Crippen LogP contribution in [0.3, 0.4) is 0 Å². The number of aryl methyl sites for hydroxylation is 1. The molecule has 1 aliphatic heterocycles. The van der Waals surface area contributed by atoms with Crippen LogP contribution in [0.25, 0.3) is 11.3 Å². The van der Waals surface area contributed by atoms with Gasteiger partial charge in [0.05, 0.1) is 28.5 Å². The third-order valence-electron chi connectivity index (χ3n) is 5.48. The van der Waals surface area contributed by atoms with Gasteiger partial charge < -0.3 is 4.90 Å². The van der Waals surface area contributed by atoms with Gasteiger partial charge in [-0.2, -0.15) is 5.10 Å². The molecule has 1 amide bonds. The molecule has 6 heteroatoms. The molecule has 150 valence electrons. The Morgan fingerprint density at radius 2 is 1.86 bits per heavy atom. The van der Waals surface area contributed by atoms with Crippen LogP contribution in [0.4, 0.5) is 0 Å². The highest BCUT2D eigenvalue weighted by atomic mass is 35.5. The van der Waals surface area contributed by atoms with Gasteiger partial charge in [0.1, 0.15) is 0 Å². The topological polar surface area (TPSA) is 51.0 Å². The van der Waals surface area contributed by atoms with Crippen molar-refractivity contribution in [2.75, 3.05) is 6.54 Å². The van der Waals surface area contributed by atoms with Crippen LogP contribution in [0.1, 0.15) is 48.0 Å². The van der Waals surface area contributed by atoms with Crippen LogP contribution >= 0.6 is 11.6 Å². The normalized spacial score (nSPS) is 14.0. The largest absolute Gasteiger partial charge is 0.332 e. The van der Waals surface area contributed by atoms with Gasteiger partial charge in [0.2, 0.25) is 0 Å². The summed E-state index contributed by atoms with van der Waals surface area (Å²) in [6, 6.07) is 9.71. The third kappa shape index (κ3) is 3.55. The first-order chi connectivity index (χ1) is 13.8. The Morgan fingerprint density at radius 3 is 2.55 bits per heavy atom. The van der Waals surface area contributed by atoms with E-state index in [9.17, 15) is 4.79 Å². The van der Waals surface area contributed by atoms with Gasteiger partial charge in [0.15, 0.2) is 0 Å². The number of hydrogen-bond donors (Lipinski definition) is 0. The highest BCUT2D eigenvalue weighted by Gasteiger charge is 2.29. The fraction of sp³-hybridized carbons (Fsp3) is 0.348. The minimum absolute atomic E-state index is 0.0390. The maximum Gasteiger partial charge on any atom is 0.255 e. The fourth-order valence-electron chi connectivity index (χ4n) is 4.01. The van der Waals surface area contributed by atoms with E-state index >= 15 is 0 Å². The molecular formula is C23H25ClN4O. The number of nitrogens with zero attached hydrogens (tertiary/aromatic N) is 4. The number of aromatic nitrogens is 3. The number of fused-ring (bicyclic) bond motifs is 1. The Hall–Kier alpha value is -2.66. The Labute approximate surface area is 176 Å². The van der Waals surface area contributed by atoms with Crippen molar-refractivity contribution >= 4 is 17.5 Å². The number of rotatable bonds is 2. The van der Waals surface area contributed by atoms with E-state index < -0.39 is 0 Å². The van der Waals surface area contributed by atoms with E-state index in [-0.39, 0.29) is 11.3 Å². The summed E-state index contributed by atoms with van der Waals surface area (Å²) in [6.45, 7) is 7.44. The lowest BCUT2D eigenvalue weighted by Gasteiger charge is -2.28. The van der Waals surface area contributed by atoms with Crippen molar-refractivity contribution in [3.05, 3.63) is 70.1 Å². The van der Waals surface area contributed by atoms with Crippen molar-refractivity contribution in [3.8, 4) is 11.3 Å². The summed E-state index contributed by atoms with van der Waals surface area (Å²) >= 11 is 6.64. The molecule has 0 saturated carbocycles. The maximum absolute atomic E-state index is 13.3. The van der Waals surface area contributed by atoms with Gasteiger partial charge in [-0.25, -0.2) is 0 Å².